The van der Waals surface area contributed by atoms with Gasteiger partial charge in [-0.3, -0.25) is 0 Å². The highest BCUT2D eigenvalue weighted by Crippen LogP contribution is 2.45. The molecule has 0 aliphatic carbocycles. The Morgan fingerprint density at radius 3 is 2.40 bits per heavy atom. The monoisotopic (exact) mass is 490 g/mol. The molecular formula is C27H46N4O4. The molecule has 3 atom stereocenters. The Morgan fingerprint density at radius 2 is 1.74 bits per heavy atom. The van der Waals surface area contributed by atoms with E-state index in [1.54, 1.807) is 17.7 Å². The van der Waals surface area contributed by atoms with Crippen LogP contribution in [0.5, 0.6) is 0 Å². The SMILES string of the molecule is C=C[C@](OC)(c1ccc2c(N)ncnn12)[C@](C)(OCCCC)[C@@H](CCOCCCC)OCCCC. The number of ether oxygens (including phenoxy) is 4. The second kappa shape index (κ2) is 14.5. The van der Waals surface area contributed by atoms with Gasteiger partial charge in [-0.15, -0.1) is 0 Å². The lowest BCUT2D eigenvalue weighted by atomic mass is 9.76. The van der Waals surface area contributed by atoms with Crippen molar-refractivity contribution in [2.45, 2.75) is 89.9 Å². The zero-order valence-corrected chi connectivity index (χ0v) is 22.4. The van der Waals surface area contributed by atoms with Crippen molar-refractivity contribution in [1.29, 1.82) is 0 Å². The number of rotatable bonds is 19. The second-order valence-corrected chi connectivity index (χ2v) is 9.08. The summed E-state index contributed by atoms with van der Waals surface area (Å²) in [5.41, 5.74) is 5.60. The lowest BCUT2D eigenvalue weighted by molar-refractivity contribution is -0.234. The van der Waals surface area contributed by atoms with Gasteiger partial charge in [0.1, 0.15) is 17.4 Å². The number of nitrogens with zero attached hydrogens (tertiary/aromatic N) is 3. The van der Waals surface area contributed by atoms with Gasteiger partial charge in [-0.05, 0) is 44.7 Å². The van der Waals surface area contributed by atoms with E-state index in [0.717, 1.165) is 50.8 Å². The van der Waals surface area contributed by atoms with E-state index in [9.17, 15) is 0 Å². The first kappa shape index (κ1) is 29.2. The van der Waals surface area contributed by atoms with E-state index in [0.29, 0.717) is 37.6 Å². The molecule has 0 saturated heterocycles. The minimum Gasteiger partial charge on any atom is -0.382 e. The van der Waals surface area contributed by atoms with E-state index in [-0.39, 0.29) is 6.10 Å². The lowest BCUT2D eigenvalue weighted by Crippen LogP contribution is -2.60. The Kier molecular flexibility index (Phi) is 12.1. The van der Waals surface area contributed by atoms with Gasteiger partial charge in [-0.2, -0.15) is 5.10 Å². The molecule has 2 aromatic rings. The van der Waals surface area contributed by atoms with E-state index in [2.05, 4.69) is 44.4 Å². The molecule has 0 amide bonds. The largest absolute Gasteiger partial charge is 0.382 e. The molecule has 0 saturated carbocycles. The van der Waals surface area contributed by atoms with Gasteiger partial charge in [-0.25, -0.2) is 9.50 Å². The Balaban J connectivity index is 2.57. The second-order valence-electron chi connectivity index (χ2n) is 9.08. The van der Waals surface area contributed by atoms with Crippen molar-refractivity contribution in [3.05, 3.63) is 36.8 Å². The molecule has 35 heavy (non-hydrogen) atoms. The van der Waals surface area contributed by atoms with Gasteiger partial charge in [0.15, 0.2) is 11.4 Å². The number of methoxy groups -OCH3 is 1. The first-order chi connectivity index (χ1) is 17.0. The van der Waals surface area contributed by atoms with E-state index >= 15 is 0 Å². The Labute approximate surface area is 211 Å². The predicted octanol–water partition coefficient (Wildman–Crippen LogP) is 5.31. The van der Waals surface area contributed by atoms with Crippen LogP contribution in [0, 0.1) is 0 Å². The Bertz CT molecular complexity index is 889. The first-order valence-electron chi connectivity index (χ1n) is 13.1. The third-order valence-electron chi connectivity index (χ3n) is 6.71. The standard InChI is InChI=1S/C27H46N4O4/c1-7-11-17-33-20-16-24(34-18-12-8-2)26(5,35-19-13-9-3)27(10-4,32-6)23-15-14-22-25(28)29-21-30-31(22)23/h10,14-15,21,24H,4,7-9,11-13,16-20H2,1-3,5-6H3,(H2,28,29,30)/t24-,26-,27+/m1/s1. The van der Waals surface area contributed by atoms with Crippen LogP contribution in [-0.2, 0) is 24.5 Å². The maximum Gasteiger partial charge on any atom is 0.158 e. The fraction of sp³-hybridized carbons (Fsp3) is 0.704. The molecule has 2 rings (SSSR count). The van der Waals surface area contributed by atoms with Crippen LogP contribution in [-0.4, -0.2) is 59.8 Å². The van der Waals surface area contributed by atoms with Crippen molar-refractivity contribution in [3.63, 3.8) is 0 Å². The minimum atomic E-state index is -1.08. The predicted molar refractivity (Wildman–Crippen MR) is 141 cm³/mol. The van der Waals surface area contributed by atoms with Crippen LogP contribution >= 0.6 is 0 Å². The fourth-order valence-electron chi connectivity index (χ4n) is 4.48. The molecule has 0 aromatic carbocycles. The normalized spacial score (nSPS) is 16.1. The molecule has 0 aliphatic heterocycles. The van der Waals surface area contributed by atoms with Crippen molar-refractivity contribution in [2.75, 3.05) is 39.3 Å². The summed E-state index contributed by atoms with van der Waals surface area (Å²) >= 11 is 0. The third-order valence-corrected chi connectivity index (χ3v) is 6.71. The highest BCUT2D eigenvalue weighted by molar-refractivity contribution is 5.66. The fourth-order valence-corrected chi connectivity index (χ4v) is 4.48. The summed E-state index contributed by atoms with van der Waals surface area (Å²) in [5, 5.41) is 4.48. The topological polar surface area (TPSA) is 93.1 Å². The van der Waals surface area contributed by atoms with E-state index in [4.69, 9.17) is 24.7 Å². The van der Waals surface area contributed by atoms with Crippen LogP contribution in [0.1, 0.15) is 78.3 Å². The first-order valence-corrected chi connectivity index (χ1v) is 13.1. The van der Waals surface area contributed by atoms with Crippen molar-refractivity contribution in [2.24, 2.45) is 0 Å². The van der Waals surface area contributed by atoms with Gasteiger partial charge in [0, 0.05) is 33.5 Å². The number of unbranched alkanes of at least 4 members (excludes halogenated alkanes) is 3. The molecule has 8 nitrogen and oxygen atoms in total. The van der Waals surface area contributed by atoms with Crippen molar-refractivity contribution in [1.82, 2.24) is 14.6 Å². The maximum absolute atomic E-state index is 6.73. The molecule has 0 aliphatic rings. The van der Waals surface area contributed by atoms with Crippen molar-refractivity contribution < 1.29 is 18.9 Å². The molecule has 2 aromatic heterocycles. The summed E-state index contributed by atoms with van der Waals surface area (Å²) in [6.45, 7) is 15.2. The molecule has 2 N–H and O–H groups in total. The zero-order chi connectivity index (χ0) is 25.7. The van der Waals surface area contributed by atoms with Gasteiger partial charge in [0.2, 0.25) is 0 Å². The quantitative estimate of drug-likeness (QED) is 0.211. The van der Waals surface area contributed by atoms with Crippen LogP contribution in [0.25, 0.3) is 5.52 Å². The lowest BCUT2D eigenvalue weighted by Gasteiger charge is -2.49. The molecular weight excluding hydrogens is 444 g/mol. The molecule has 0 unspecified atom stereocenters. The summed E-state index contributed by atoms with van der Waals surface area (Å²) in [6, 6.07) is 3.85. The molecule has 0 radical (unpaired) electrons. The number of hydrogen-bond donors (Lipinski definition) is 1. The maximum atomic E-state index is 6.73. The number of aromatic nitrogens is 3. The third kappa shape index (κ3) is 6.61. The smallest absolute Gasteiger partial charge is 0.158 e. The van der Waals surface area contributed by atoms with Crippen LogP contribution < -0.4 is 5.73 Å². The van der Waals surface area contributed by atoms with E-state index < -0.39 is 11.2 Å². The van der Waals surface area contributed by atoms with Gasteiger partial charge >= 0.3 is 0 Å². The highest BCUT2D eigenvalue weighted by Gasteiger charge is 2.56. The summed E-state index contributed by atoms with van der Waals surface area (Å²) in [4.78, 5) is 4.13. The number of anilines is 1. The van der Waals surface area contributed by atoms with Crippen LogP contribution in [0.15, 0.2) is 31.1 Å². The molecule has 0 spiro atoms. The Hall–Kier alpha value is -2.00. The van der Waals surface area contributed by atoms with Crippen LogP contribution in [0.2, 0.25) is 0 Å². The molecule has 8 heteroatoms. The molecule has 198 valence electrons. The zero-order valence-electron chi connectivity index (χ0n) is 22.4. The Morgan fingerprint density at radius 1 is 1.06 bits per heavy atom. The van der Waals surface area contributed by atoms with Gasteiger partial charge in [0.25, 0.3) is 0 Å². The molecule has 0 bridgehead atoms. The summed E-state index contributed by atoms with van der Waals surface area (Å²) in [7, 11) is 1.67. The van der Waals surface area contributed by atoms with Gasteiger partial charge in [0.05, 0.1) is 11.8 Å². The summed E-state index contributed by atoms with van der Waals surface area (Å²) < 4.78 is 27.3. The number of nitrogen functional groups attached to an aromatic ring is 1. The molecule has 0 fully saturated rings. The van der Waals surface area contributed by atoms with Crippen LogP contribution in [0.3, 0.4) is 0 Å². The van der Waals surface area contributed by atoms with Gasteiger partial charge < -0.3 is 24.7 Å². The minimum absolute atomic E-state index is 0.310. The van der Waals surface area contributed by atoms with Gasteiger partial charge in [-0.1, -0.05) is 52.7 Å². The van der Waals surface area contributed by atoms with E-state index in [1.807, 2.05) is 12.1 Å². The van der Waals surface area contributed by atoms with Crippen molar-refractivity contribution in [3.8, 4) is 0 Å². The average molecular weight is 491 g/mol. The van der Waals surface area contributed by atoms with Crippen LogP contribution in [0.4, 0.5) is 5.82 Å². The van der Waals surface area contributed by atoms with E-state index in [1.165, 1.54) is 6.33 Å². The summed E-state index contributed by atoms with van der Waals surface area (Å²) in [6.07, 6.45) is 9.68. The number of hydrogen-bond acceptors (Lipinski definition) is 7. The molecule has 2 heterocycles. The number of fused-ring (bicyclic) bond motifs is 1. The number of nitrogens with two attached hydrogens (primary N) is 1. The van der Waals surface area contributed by atoms with Crippen molar-refractivity contribution >= 4 is 11.3 Å². The summed E-state index contributed by atoms with van der Waals surface area (Å²) in [5.74, 6) is 0.397. The highest BCUT2D eigenvalue weighted by atomic mass is 16.6. The average Bonchev–Trinajstić information content (AvgIpc) is 3.30.